The van der Waals surface area contributed by atoms with Gasteiger partial charge in [-0.25, -0.2) is 0 Å². The molecule has 172 valence electrons. The molecule has 0 N–H and O–H groups in total. The largest absolute Gasteiger partial charge is 0.413 e. The molecule has 1 aromatic carbocycles. The number of hydrogen-bond acceptors (Lipinski definition) is 2. The summed E-state index contributed by atoms with van der Waals surface area (Å²) < 4.78 is 12.1. The third kappa shape index (κ3) is 12.1. The number of unbranched alkanes of at least 4 members (excludes halogenated alkanes) is 8. The molecular weight excluding hydrogens is 384 g/mol. The Kier molecular flexibility index (Phi) is 13.6. The predicted molar refractivity (Wildman–Crippen MR) is 134 cm³/mol. The minimum absolute atomic E-state index is 0.253. The Morgan fingerprint density at radius 1 is 0.767 bits per heavy atom. The van der Waals surface area contributed by atoms with Crippen LogP contribution < -0.4 is 0 Å². The van der Waals surface area contributed by atoms with Crippen molar-refractivity contribution in [2.24, 2.45) is 0 Å². The number of hydrogen-bond donors (Lipinski definition) is 0. The maximum absolute atomic E-state index is 6.30. The lowest BCUT2D eigenvalue weighted by molar-refractivity contribution is 0.148. The molecule has 0 saturated heterocycles. The number of allylic oxidation sites excluding steroid dienone is 1. The van der Waals surface area contributed by atoms with E-state index in [1.807, 2.05) is 0 Å². The van der Waals surface area contributed by atoms with Gasteiger partial charge in [-0.15, -0.1) is 0 Å². The Balaban J connectivity index is 2.10. The van der Waals surface area contributed by atoms with Crippen LogP contribution in [0.15, 0.2) is 36.4 Å². The van der Waals surface area contributed by atoms with Crippen LogP contribution in [0.5, 0.6) is 0 Å². The van der Waals surface area contributed by atoms with Crippen LogP contribution in [-0.4, -0.2) is 14.9 Å². The van der Waals surface area contributed by atoms with Gasteiger partial charge in [-0.3, -0.25) is 0 Å². The van der Waals surface area contributed by atoms with Crippen LogP contribution in [0.1, 0.15) is 96.6 Å². The Hall–Kier alpha value is -0.903. The summed E-state index contributed by atoms with van der Waals surface area (Å²) in [7, 11) is -1.69. The summed E-state index contributed by atoms with van der Waals surface area (Å²) in [5.41, 5.74) is 2.47. The minimum atomic E-state index is -1.69. The summed E-state index contributed by atoms with van der Waals surface area (Å²) >= 11 is 0. The fraction of sp³-hybridized carbons (Fsp3) is 0.704. The third-order valence-corrected chi connectivity index (χ3v) is 10.8. The summed E-state index contributed by atoms with van der Waals surface area (Å²) in [4.78, 5) is 0. The molecule has 1 aromatic rings. The molecule has 0 fully saturated rings. The van der Waals surface area contributed by atoms with Crippen molar-refractivity contribution in [2.75, 3.05) is 6.61 Å². The Morgan fingerprint density at radius 3 is 1.87 bits per heavy atom. The number of rotatable bonds is 16. The molecule has 0 aliphatic carbocycles. The van der Waals surface area contributed by atoms with Crippen molar-refractivity contribution in [3.8, 4) is 0 Å². The predicted octanol–water partition coefficient (Wildman–Crippen LogP) is 8.81. The zero-order chi connectivity index (χ0) is 22.3. The molecule has 0 amide bonds. The highest BCUT2D eigenvalue weighted by Crippen LogP contribution is 2.37. The molecule has 30 heavy (non-hydrogen) atoms. The Bertz CT molecular complexity index is 570. The Labute approximate surface area is 188 Å². The summed E-state index contributed by atoms with van der Waals surface area (Å²) in [6.07, 6.45) is 16.7. The summed E-state index contributed by atoms with van der Waals surface area (Å²) in [6.45, 7) is 15.8. The minimum Gasteiger partial charge on any atom is -0.413 e. The lowest BCUT2D eigenvalue weighted by Crippen LogP contribution is -2.40. The van der Waals surface area contributed by atoms with Gasteiger partial charge in [0.2, 0.25) is 0 Å². The average molecular weight is 433 g/mol. The Morgan fingerprint density at radius 2 is 1.30 bits per heavy atom. The SMILES string of the molecule is CCCCCCCCCC/C=C\COCc1ccc(CO[Si](C)(C)C(C)(C)C)cc1. The monoisotopic (exact) mass is 432 g/mol. The van der Waals surface area contributed by atoms with E-state index in [1.54, 1.807) is 0 Å². The molecule has 3 heteroatoms. The molecule has 0 radical (unpaired) electrons. The van der Waals surface area contributed by atoms with Crippen LogP contribution in [0.25, 0.3) is 0 Å². The van der Waals surface area contributed by atoms with Crippen molar-refractivity contribution in [3.05, 3.63) is 47.5 Å². The fourth-order valence-corrected chi connectivity index (χ4v) is 4.00. The zero-order valence-electron chi connectivity index (χ0n) is 20.8. The van der Waals surface area contributed by atoms with E-state index in [0.29, 0.717) is 19.8 Å². The molecule has 0 atom stereocenters. The lowest BCUT2D eigenvalue weighted by Gasteiger charge is -2.36. The highest BCUT2D eigenvalue weighted by molar-refractivity contribution is 6.74. The zero-order valence-corrected chi connectivity index (χ0v) is 21.8. The standard InChI is InChI=1S/C27H48O2Si/c1-7-8-9-10-11-12-13-14-15-16-17-22-28-23-25-18-20-26(21-19-25)24-29-30(5,6)27(2,3)4/h16-21H,7-15,22-24H2,1-6H3/b17-16-. The van der Waals surface area contributed by atoms with Gasteiger partial charge in [0, 0.05) is 0 Å². The molecule has 0 saturated carbocycles. The highest BCUT2D eigenvalue weighted by atomic mass is 28.4. The first-order chi connectivity index (χ1) is 14.3. The normalized spacial score (nSPS) is 12.7. The van der Waals surface area contributed by atoms with Gasteiger partial charge in [-0.2, -0.15) is 0 Å². The topological polar surface area (TPSA) is 18.5 Å². The average Bonchev–Trinajstić information content (AvgIpc) is 2.70. The van der Waals surface area contributed by atoms with Gasteiger partial charge in [-0.05, 0) is 42.1 Å². The van der Waals surface area contributed by atoms with E-state index in [9.17, 15) is 0 Å². The van der Waals surface area contributed by atoms with Crippen LogP contribution in [0, 0.1) is 0 Å². The summed E-state index contributed by atoms with van der Waals surface area (Å²) in [5, 5.41) is 0.253. The van der Waals surface area contributed by atoms with Crippen LogP contribution in [-0.2, 0) is 22.4 Å². The van der Waals surface area contributed by atoms with Crippen molar-refractivity contribution in [1.82, 2.24) is 0 Å². The van der Waals surface area contributed by atoms with Crippen LogP contribution in [0.2, 0.25) is 18.1 Å². The van der Waals surface area contributed by atoms with Gasteiger partial charge >= 0.3 is 0 Å². The van der Waals surface area contributed by atoms with Crippen molar-refractivity contribution >= 4 is 8.32 Å². The lowest BCUT2D eigenvalue weighted by atomic mass is 10.1. The molecule has 0 aliphatic heterocycles. The molecule has 0 heterocycles. The molecule has 0 aliphatic rings. The third-order valence-electron chi connectivity index (χ3n) is 6.30. The van der Waals surface area contributed by atoms with Crippen molar-refractivity contribution in [1.29, 1.82) is 0 Å². The van der Waals surface area contributed by atoms with Gasteiger partial charge in [0.25, 0.3) is 0 Å². The quantitative estimate of drug-likeness (QED) is 0.147. The number of ether oxygens (including phenoxy) is 1. The molecule has 0 unspecified atom stereocenters. The molecule has 0 aromatic heterocycles. The summed E-state index contributed by atoms with van der Waals surface area (Å²) in [6, 6.07) is 8.66. The second-order valence-corrected chi connectivity index (χ2v) is 14.9. The van der Waals surface area contributed by atoms with Crippen LogP contribution >= 0.6 is 0 Å². The van der Waals surface area contributed by atoms with Crippen molar-refractivity contribution in [2.45, 2.75) is 117 Å². The van der Waals surface area contributed by atoms with Crippen molar-refractivity contribution < 1.29 is 9.16 Å². The van der Waals surface area contributed by atoms with E-state index in [2.05, 4.69) is 77.2 Å². The van der Waals surface area contributed by atoms with Gasteiger partial charge < -0.3 is 9.16 Å². The maximum atomic E-state index is 6.30. The van der Waals surface area contributed by atoms with E-state index in [-0.39, 0.29) is 5.04 Å². The van der Waals surface area contributed by atoms with Crippen LogP contribution in [0.4, 0.5) is 0 Å². The first-order valence-corrected chi connectivity index (χ1v) is 15.1. The van der Waals surface area contributed by atoms with Crippen molar-refractivity contribution in [3.63, 3.8) is 0 Å². The van der Waals surface area contributed by atoms with E-state index in [1.165, 1.54) is 68.9 Å². The van der Waals surface area contributed by atoms with E-state index < -0.39 is 8.32 Å². The molecular formula is C27H48O2Si. The maximum Gasteiger partial charge on any atom is 0.192 e. The second kappa shape index (κ2) is 15.0. The van der Waals surface area contributed by atoms with Gasteiger partial charge in [0.15, 0.2) is 8.32 Å². The fourth-order valence-electron chi connectivity index (χ4n) is 3.04. The summed E-state index contributed by atoms with van der Waals surface area (Å²) in [5.74, 6) is 0. The molecule has 2 nitrogen and oxygen atoms in total. The van der Waals surface area contributed by atoms with Crippen LogP contribution in [0.3, 0.4) is 0 Å². The molecule has 1 rings (SSSR count). The van der Waals surface area contributed by atoms with Gasteiger partial charge in [-0.1, -0.05) is 109 Å². The van der Waals surface area contributed by atoms with Gasteiger partial charge in [0.1, 0.15) is 0 Å². The number of benzene rings is 1. The first-order valence-electron chi connectivity index (χ1n) is 12.2. The second-order valence-electron chi connectivity index (χ2n) is 10.1. The molecule has 0 bridgehead atoms. The smallest absolute Gasteiger partial charge is 0.192 e. The van der Waals surface area contributed by atoms with E-state index >= 15 is 0 Å². The van der Waals surface area contributed by atoms with E-state index in [4.69, 9.17) is 9.16 Å². The molecule has 0 spiro atoms. The van der Waals surface area contributed by atoms with E-state index in [0.717, 1.165) is 0 Å². The first kappa shape index (κ1) is 27.1. The highest BCUT2D eigenvalue weighted by Gasteiger charge is 2.36. The van der Waals surface area contributed by atoms with Gasteiger partial charge in [0.05, 0.1) is 19.8 Å².